The largest absolute Gasteiger partial charge is 0.480 e. The fraction of sp³-hybridized carbons (Fsp3) is 0.250. The Morgan fingerprint density at radius 3 is 2.88 bits per heavy atom. The molecule has 0 aliphatic heterocycles. The van der Waals surface area contributed by atoms with Crippen molar-refractivity contribution in [1.29, 1.82) is 0 Å². The number of methoxy groups -OCH3 is 1. The normalized spacial score (nSPS) is 12.4. The van der Waals surface area contributed by atoms with Crippen molar-refractivity contribution in [3.05, 3.63) is 29.2 Å². The maximum atomic E-state index is 5.50. The molecular weight excluding hydrogens is 228 g/mol. The molecule has 0 bridgehead atoms. The summed E-state index contributed by atoms with van der Waals surface area (Å²) in [5, 5.41) is 3.76. The van der Waals surface area contributed by atoms with E-state index < -0.39 is 0 Å². The van der Waals surface area contributed by atoms with Crippen LogP contribution in [0, 0.1) is 0 Å². The lowest BCUT2D eigenvalue weighted by Crippen LogP contribution is -2.29. The Hall–Kier alpha value is -1.64. The lowest BCUT2D eigenvalue weighted by Gasteiger charge is -2.14. The average molecular weight is 238 g/mol. The van der Waals surface area contributed by atoms with Crippen molar-refractivity contribution in [2.45, 2.75) is 6.04 Å². The van der Waals surface area contributed by atoms with Crippen LogP contribution in [0.1, 0.15) is 16.6 Å². The molecule has 0 saturated heterocycles. The molecule has 16 heavy (non-hydrogen) atoms. The van der Waals surface area contributed by atoms with Crippen molar-refractivity contribution >= 4 is 11.5 Å². The summed E-state index contributed by atoms with van der Waals surface area (Å²) in [7, 11) is 1.53. The minimum atomic E-state index is -0.316. The number of aromatic nitrogens is 4. The Kier molecular flexibility index (Phi) is 3.34. The minimum absolute atomic E-state index is 0.316. The van der Waals surface area contributed by atoms with Gasteiger partial charge in [0, 0.05) is 12.4 Å². The third-order valence-electron chi connectivity index (χ3n) is 1.99. The van der Waals surface area contributed by atoms with Crippen molar-refractivity contribution < 1.29 is 4.74 Å². The van der Waals surface area contributed by atoms with E-state index in [1.54, 1.807) is 18.6 Å². The van der Waals surface area contributed by atoms with Crippen molar-refractivity contribution in [2.75, 3.05) is 7.11 Å². The summed E-state index contributed by atoms with van der Waals surface area (Å²) in [4.78, 5) is 9.11. The van der Waals surface area contributed by atoms with Crippen LogP contribution in [0.15, 0.2) is 18.6 Å². The summed E-state index contributed by atoms with van der Waals surface area (Å²) >= 11 is 1.24. The van der Waals surface area contributed by atoms with Gasteiger partial charge in [-0.3, -0.25) is 10.8 Å². The summed E-state index contributed by atoms with van der Waals surface area (Å²) in [6.45, 7) is 0. The molecule has 3 N–H and O–H groups in total. The van der Waals surface area contributed by atoms with Gasteiger partial charge in [-0.25, -0.2) is 10.4 Å². The molecule has 0 radical (unpaired) electrons. The number of nitrogens with one attached hydrogen (secondary N) is 1. The Morgan fingerprint density at radius 2 is 2.25 bits per heavy atom. The number of nitrogens with zero attached hydrogens (tertiary/aromatic N) is 4. The van der Waals surface area contributed by atoms with Gasteiger partial charge >= 0.3 is 0 Å². The Bertz CT molecular complexity index is 448. The van der Waals surface area contributed by atoms with Gasteiger partial charge in [0.2, 0.25) is 5.88 Å². The lowest BCUT2D eigenvalue weighted by atomic mass is 10.2. The second-order valence-corrected chi connectivity index (χ2v) is 3.69. The molecule has 2 rings (SSSR count). The molecular formula is C8H10N6OS. The third-order valence-corrected chi connectivity index (χ3v) is 2.72. The van der Waals surface area contributed by atoms with Crippen LogP contribution >= 0.6 is 11.5 Å². The smallest absolute Gasteiger partial charge is 0.237 e. The van der Waals surface area contributed by atoms with Crippen LogP contribution in [0.2, 0.25) is 0 Å². The zero-order chi connectivity index (χ0) is 11.4. The third kappa shape index (κ3) is 1.98. The quantitative estimate of drug-likeness (QED) is 0.566. The van der Waals surface area contributed by atoms with E-state index in [1.165, 1.54) is 18.6 Å². The van der Waals surface area contributed by atoms with Crippen molar-refractivity contribution in [3.63, 3.8) is 0 Å². The molecule has 0 amide bonds. The monoisotopic (exact) mass is 238 g/mol. The van der Waals surface area contributed by atoms with Crippen LogP contribution in [0.4, 0.5) is 0 Å². The standard InChI is InChI=1S/C8H10N6OS/c1-15-8-7(10-2-3-11-8)6(13-9)5-4-12-14-16-5/h2-4,6,13H,9H2,1H3. The first-order chi connectivity index (χ1) is 7.86. The average Bonchev–Trinajstić information content (AvgIpc) is 2.84. The summed E-state index contributed by atoms with van der Waals surface area (Å²) in [5.74, 6) is 5.93. The van der Waals surface area contributed by atoms with E-state index in [0.29, 0.717) is 11.6 Å². The van der Waals surface area contributed by atoms with Gasteiger partial charge in [-0.05, 0) is 11.5 Å². The maximum absolute atomic E-state index is 5.50. The molecule has 0 aliphatic carbocycles. The van der Waals surface area contributed by atoms with E-state index >= 15 is 0 Å². The zero-order valence-corrected chi connectivity index (χ0v) is 9.31. The molecule has 0 aliphatic rings. The first-order valence-electron chi connectivity index (χ1n) is 4.45. The lowest BCUT2D eigenvalue weighted by molar-refractivity contribution is 0.383. The van der Waals surface area contributed by atoms with Crippen LogP contribution in [-0.2, 0) is 0 Å². The first kappa shape index (κ1) is 10.9. The minimum Gasteiger partial charge on any atom is -0.480 e. The number of hydrogen-bond acceptors (Lipinski definition) is 8. The number of rotatable bonds is 4. The molecule has 2 heterocycles. The van der Waals surface area contributed by atoms with Gasteiger partial charge in [0.05, 0.1) is 18.2 Å². The molecule has 0 saturated carbocycles. The highest BCUT2D eigenvalue weighted by Crippen LogP contribution is 2.26. The molecule has 0 aromatic carbocycles. The summed E-state index contributed by atoms with van der Waals surface area (Å²) in [6, 6.07) is -0.316. The SMILES string of the molecule is COc1nccnc1C(NN)c1cnns1. The molecule has 7 nitrogen and oxygen atoms in total. The highest BCUT2D eigenvalue weighted by molar-refractivity contribution is 7.05. The molecule has 1 unspecified atom stereocenters. The van der Waals surface area contributed by atoms with Gasteiger partial charge in [0.15, 0.2) is 0 Å². The van der Waals surface area contributed by atoms with Crippen LogP contribution in [-0.4, -0.2) is 26.7 Å². The first-order valence-corrected chi connectivity index (χ1v) is 5.22. The van der Waals surface area contributed by atoms with E-state index in [2.05, 4.69) is 25.0 Å². The fourth-order valence-corrected chi connectivity index (χ4v) is 1.86. The predicted octanol–water partition coefficient (Wildman–Crippen LogP) is -0.111. The van der Waals surface area contributed by atoms with Crippen LogP contribution in [0.25, 0.3) is 0 Å². The highest BCUT2D eigenvalue weighted by Gasteiger charge is 2.21. The highest BCUT2D eigenvalue weighted by atomic mass is 32.1. The topological polar surface area (TPSA) is 98.8 Å². The van der Waals surface area contributed by atoms with Gasteiger partial charge in [0.1, 0.15) is 11.7 Å². The van der Waals surface area contributed by atoms with Gasteiger partial charge in [-0.15, -0.1) is 5.10 Å². The van der Waals surface area contributed by atoms with E-state index in [0.717, 1.165) is 4.88 Å². The van der Waals surface area contributed by atoms with E-state index in [1.807, 2.05) is 0 Å². The van der Waals surface area contributed by atoms with E-state index in [9.17, 15) is 0 Å². The molecule has 0 fully saturated rings. The number of ether oxygens (including phenoxy) is 1. The zero-order valence-electron chi connectivity index (χ0n) is 8.49. The number of hydrogen-bond donors (Lipinski definition) is 2. The molecule has 8 heteroatoms. The van der Waals surface area contributed by atoms with E-state index in [4.69, 9.17) is 10.6 Å². The van der Waals surface area contributed by atoms with Gasteiger partial charge in [-0.1, -0.05) is 4.49 Å². The second-order valence-electron chi connectivity index (χ2n) is 2.87. The molecule has 0 spiro atoms. The van der Waals surface area contributed by atoms with Gasteiger partial charge < -0.3 is 4.74 Å². The van der Waals surface area contributed by atoms with Crippen molar-refractivity contribution in [1.82, 2.24) is 25.0 Å². The molecule has 1 atom stereocenters. The van der Waals surface area contributed by atoms with Crippen molar-refractivity contribution in [3.8, 4) is 5.88 Å². The van der Waals surface area contributed by atoms with Crippen LogP contribution in [0.5, 0.6) is 5.88 Å². The van der Waals surface area contributed by atoms with Crippen LogP contribution in [0.3, 0.4) is 0 Å². The predicted molar refractivity (Wildman–Crippen MR) is 57.7 cm³/mol. The van der Waals surface area contributed by atoms with Crippen molar-refractivity contribution in [2.24, 2.45) is 5.84 Å². The molecule has 84 valence electrons. The molecule has 2 aromatic rings. The number of nitrogens with two attached hydrogens (primary N) is 1. The van der Waals surface area contributed by atoms with Crippen LogP contribution < -0.4 is 16.0 Å². The second kappa shape index (κ2) is 4.92. The maximum Gasteiger partial charge on any atom is 0.237 e. The molecule has 2 aromatic heterocycles. The summed E-state index contributed by atoms with van der Waals surface area (Å²) in [5.41, 5.74) is 3.25. The Morgan fingerprint density at radius 1 is 1.44 bits per heavy atom. The number of hydrazine groups is 1. The fourth-order valence-electron chi connectivity index (χ4n) is 1.29. The van der Waals surface area contributed by atoms with Gasteiger partial charge in [0.25, 0.3) is 0 Å². The Labute approximate surface area is 95.8 Å². The summed E-state index contributed by atoms with van der Waals surface area (Å²) in [6.07, 6.45) is 4.76. The summed E-state index contributed by atoms with van der Waals surface area (Å²) < 4.78 is 8.90. The van der Waals surface area contributed by atoms with E-state index in [-0.39, 0.29) is 6.04 Å². The van der Waals surface area contributed by atoms with Gasteiger partial charge in [-0.2, -0.15) is 0 Å². The Balaban J connectivity index is 2.41.